The fourth-order valence-electron chi connectivity index (χ4n) is 1.16. The maximum absolute atomic E-state index is 11.0. The van der Waals surface area contributed by atoms with Crippen LogP contribution in [0.15, 0.2) is 4.99 Å². The first-order valence-electron chi connectivity index (χ1n) is 4.37. The van der Waals surface area contributed by atoms with Crippen LogP contribution in [-0.4, -0.2) is 47.2 Å². The molecule has 0 aromatic heterocycles. The number of carbonyl (C=O) groups is 1. The second kappa shape index (κ2) is 4.91. The molecular formula is C7H14N4O4. The van der Waals surface area contributed by atoms with Gasteiger partial charge in [-0.05, 0) is 0 Å². The lowest BCUT2D eigenvalue weighted by molar-refractivity contribution is -0.125. The highest BCUT2D eigenvalue weighted by molar-refractivity contribution is 5.90. The van der Waals surface area contributed by atoms with Gasteiger partial charge in [0.15, 0.2) is 5.96 Å². The Morgan fingerprint density at radius 3 is 2.60 bits per heavy atom. The Hall–Kier alpha value is -1.38. The van der Waals surface area contributed by atoms with Crippen molar-refractivity contribution in [3.05, 3.63) is 0 Å². The first-order valence-corrected chi connectivity index (χ1v) is 4.37. The summed E-state index contributed by atoms with van der Waals surface area (Å²) in [5.74, 6) is -0.358. The molecule has 1 heterocycles. The first-order chi connectivity index (χ1) is 6.99. The van der Waals surface area contributed by atoms with Crippen LogP contribution in [0.3, 0.4) is 0 Å². The normalized spacial score (nSPS) is 30.7. The van der Waals surface area contributed by atoms with Crippen molar-refractivity contribution in [2.24, 2.45) is 16.5 Å². The first kappa shape index (κ1) is 11.7. The van der Waals surface area contributed by atoms with Gasteiger partial charge in [0, 0.05) is 6.42 Å². The minimum absolute atomic E-state index is 0.0477. The zero-order chi connectivity index (χ0) is 11.4. The third-order valence-corrected chi connectivity index (χ3v) is 1.88. The maximum atomic E-state index is 11.0. The Bertz CT molecular complexity index is 266. The second-order valence-corrected chi connectivity index (χ2v) is 3.18. The highest BCUT2D eigenvalue weighted by atomic mass is 16.5. The van der Waals surface area contributed by atoms with Crippen molar-refractivity contribution in [2.75, 3.05) is 6.61 Å². The molecule has 0 saturated carbocycles. The predicted octanol–water partition coefficient (Wildman–Crippen LogP) is -2.56. The lowest BCUT2D eigenvalue weighted by Gasteiger charge is -2.30. The van der Waals surface area contributed by atoms with E-state index in [1.54, 1.807) is 0 Å². The van der Waals surface area contributed by atoms with Crippen molar-refractivity contribution < 1.29 is 19.7 Å². The molecule has 7 N–H and O–H groups in total. The van der Waals surface area contributed by atoms with Crippen LogP contribution in [0.2, 0.25) is 0 Å². The SMILES string of the molecule is NC(N)=NC(=O)NC1C[C@H](O)[C@H](O)CO1. The molecule has 86 valence electrons. The number of nitrogens with one attached hydrogen (secondary N) is 1. The zero-order valence-electron chi connectivity index (χ0n) is 7.96. The molecular weight excluding hydrogens is 204 g/mol. The number of amides is 2. The Morgan fingerprint density at radius 1 is 1.40 bits per heavy atom. The number of ether oxygens (including phenoxy) is 1. The van der Waals surface area contributed by atoms with Gasteiger partial charge in [0.2, 0.25) is 0 Å². The van der Waals surface area contributed by atoms with Gasteiger partial charge >= 0.3 is 6.03 Å². The number of aliphatic hydroxyl groups excluding tert-OH is 2. The minimum atomic E-state index is -0.929. The molecule has 1 saturated heterocycles. The van der Waals surface area contributed by atoms with E-state index in [-0.39, 0.29) is 19.0 Å². The minimum Gasteiger partial charge on any atom is -0.390 e. The standard InChI is InChI=1S/C7H14N4O4/c8-6(9)11-7(14)10-5-1-3(12)4(13)2-15-5/h3-5,12-13H,1-2H2,(H5,8,9,10,11,14)/t3-,4+,5?/m0/s1. The summed E-state index contributed by atoms with van der Waals surface area (Å²) in [7, 11) is 0. The number of nitrogens with two attached hydrogens (primary N) is 2. The molecule has 0 aromatic rings. The van der Waals surface area contributed by atoms with Crippen molar-refractivity contribution in [3.63, 3.8) is 0 Å². The number of aliphatic hydroxyl groups is 2. The summed E-state index contributed by atoms with van der Waals surface area (Å²) in [4.78, 5) is 14.2. The number of aliphatic imine (C=N–C) groups is 1. The van der Waals surface area contributed by atoms with Crippen LogP contribution in [0.4, 0.5) is 4.79 Å². The molecule has 0 aliphatic carbocycles. The van der Waals surface area contributed by atoms with E-state index in [4.69, 9.17) is 21.3 Å². The smallest absolute Gasteiger partial charge is 0.346 e. The largest absolute Gasteiger partial charge is 0.390 e. The van der Waals surface area contributed by atoms with Crippen LogP contribution in [0, 0.1) is 0 Å². The number of nitrogens with zero attached hydrogens (tertiary/aromatic N) is 1. The fourth-order valence-corrected chi connectivity index (χ4v) is 1.16. The van der Waals surface area contributed by atoms with E-state index in [0.29, 0.717) is 0 Å². The molecule has 0 aromatic carbocycles. The van der Waals surface area contributed by atoms with Gasteiger partial charge in [-0.2, -0.15) is 4.99 Å². The van der Waals surface area contributed by atoms with E-state index in [0.717, 1.165) is 0 Å². The monoisotopic (exact) mass is 218 g/mol. The van der Waals surface area contributed by atoms with E-state index >= 15 is 0 Å². The number of hydrogen-bond acceptors (Lipinski definition) is 4. The van der Waals surface area contributed by atoms with Gasteiger partial charge < -0.3 is 31.7 Å². The number of guanidine groups is 1. The molecule has 1 unspecified atom stereocenters. The molecule has 2 amide bonds. The van der Waals surface area contributed by atoms with E-state index < -0.39 is 24.5 Å². The maximum Gasteiger partial charge on any atom is 0.346 e. The van der Waals surface area contributed by atoms with Crippen LogP contribution in [0.5, 0.6) is 0 Å². The Kier molecular flexibility index (Phi) is 3.83. The van der Waals surface area contributed by atoms with Gasteiger partial charge in [0.25, 0.3) is 0 Å². The van der Waals surface area contributed by atoms with Crippen molar-refractivity contribution in [1.82, 2.24) is 5.32 Å². The van der Waals surface area contributed by atoms with Crippen LogP contribution in [0.25, 0.3) is 0 Å². The molecule has 1 aliphatic heterocycles. The van der Waals surface area contributed by atoms with Gasteiger partial charge in [-0.25, -0.2) is 4.79 Å². The molecule has 1 aliphatic rings. The van der Waals surface area contributed by atoms with Crippen molar-refractivity contribution in [3.8, 4) is 0 Å². The van der Waals surface area contributed by atoms with Gasteiger partial charge in [0.05, 0.1) is 12.7 Å². The lowest BCUT2D eigenvalue weighted by Crippen LogP contribution is -2.48. The highest BCUT2D eigenvalue weighted by Crippen LogP contribution is 2.12. The van der Waals surface area contributed by atoms with E-state index in [9.17, 15) is 9.90 Å². The zero-order valence-corrected chi connectivity index (χ0v) is 7.96. The van der Waals surface area contributed by atoms with Gasteiger partial charge in [-0.15, -0.1) is 0 Å². The van der Waals surface area contributed by atoms with Crippen LogP contribution < -0.4 is 16.8 Å². The number of carbonyl (C=O) groups excluding carboxylic acids is 1. The van der Waals surface area contributed by atoms with Gasteiger partial charge in [-0.1, -0.05) is 0 Å². The fraction of sp³-hybridized carbons (Fsp3) is 0.714. The molecule has 8 nitrogen and oxygen atoms in total. The Morgan fingerprint density at radius 2 is 2.07 bits per heavy atom. The average Bonchev–Trinajstić information content (AvgIpc) is 2.10. The molecule has 0 spiro atoms. The molecule has 3 atom stereocenters. The van der Waals surface area contributed by atoms with Crippen LogP contribution in [0.1, 0.15) is 6.42 Å². The van der Waals surface area contributed by atoms with E-state index in [1.807, 2.05) is 0 Å². The number of urea groups is 1. The summed E-state index contributed by atoms with van der Waals surface area (Å²) in [6, 6.07) is -0.747. The summed E-state index contributed by atoms with van der Waals surface area (Å²) >= 11 is 0. The Labute approximate surface area is 85.9 Å². The average molecular weight is 218 g/mol. The molecule has 8 heteroatoms. The molecule has 0 radical (unpaired) electrons. The molecule has 0 bridgehead atoms. The van der Waals surface area contributed by atoms with Crippen LogP contribution >= 0.6 is 0 Å². The van der Waals surface area contributed by atoms with Crippen molar-refractivity contribution in [2.45, 2.75) is 24.9 Å². The highest BCUT2D eigenvalue weighted by Gasteiger charge is 2.28. The number of rotatable bonds is 1. The lowest BCUT2D eigenvalue weighted by atomic mass is 10.1. The topological polar surface area (TPSA) is 143 Å². The second-order valence-electron chi connectivity index (χ2n) is 3.18. The summed E-state index contributed by atoms with van der Waals surface area (Å²) < 4.78 is 5.02. The van der Waals surface area contributed by atoms with Crippen molar-refractivity contribution in [1.29, 1.82) is 0 Å². The summed E-state index contributed by atoms with van der Waals surface area (Å²) in [5.41, 5.74) is 9.97. The number of hydrogen-bond donors (Lipinski definition) is 5. The van der Waals surface area contributed by atoms with Gasteiger partial charge in [-0.3, -0.25) is 0 Å². The van der Waals surface area contributed by atoms with E-state index in [1.165, 1.54) is 0 Å². The summed E-state index contributed by atoms with van der Waals surface area (Å²) in [6.07, 6.45) is -2.46. The van der Waals surface area contributed by atoms with E-state index in [2.05, 4.69) is 10.3 Å². The summed E-state index contributed by atoms with van der Waals surface area (Å²) in [5, 5.41) is 20.7. The van der Waals surface area contributed by atoms with Crippen LogP contribution in [-0.2, 0) is 4.74 Å². The Balaban J connectivity index is 2.40. The third kappa shape index (κ3) is 3.70. The molecule has 1 fully saturated rings. The third-order valence-electron chi connectivity index (χ3n) is 1.88. The molecule has 1 rings (SSSR count). The quantitative estimate of drug-likeness (QED) is 0.242. The van der Waals surface area contributed by atoms with Gasteiger partial charge in [0.1, 0.15) is 12.3 Å². The molecule has 15 heavy (non-hydrogen) atoms. The van der Waals surface area contributed by atoms with Crippen molar-refractivity contribution >= 4 is 12.0 Å². The predicted molar refractivity (Wildman–Crippen MR) is 50.7 cm³/mol. The summed E-state index contributed by atoms with van der Waals surface area (Å²) in [6.45, 7) is -0.0477.